The quantitative estimate of drug-likeness (QED) is 0.791. The van der Waals surface area contributed by atoms with Gasteiger partial charge < -0.3 is 4.74 Å². The molecule has 0 N–H and O–H groups in total. The highest BCUT2D eigenvalue weighted by atomic mass is 79.9. The second-order valence-electron chi connectivity index (χ2n) is 5.17. The summed E-state index contributed by atoms with van der Waals surface area (Å²) in [7, 11) is 1.42. The molecule has 0 spiro atoms. The summed E-state index contributed by atoms with van der Waals surface area (Å²) in [5.74, 6) is -0.361. The maximum atomic E-state index is 11.6. The van der Waals surface area contributed by atoms with Crippen molar-refractivity contribution in [2.75, 3.05) is 7.11 Å². The van der Waals surface area contributed by atoms with Gasteiger partial charge in [0.05, 0.1) is 24.4 Å². The molecule has 0 saturated heterocycles. The summed E-state index contributed by atoms with van der Waals surface area (Å²) in [5.41, 5.74) is 4.13. The van der Waals surface area contributed by atoms with Crippen LogP contribution in [0.3, 0.4) is 0 Å². The van der Waals surface area contributed by atoms with E-state index in [9.17, 15) is 4.79 Å². The fourth-order valence-electron chi connectivity index (χ4n) is 2.39. The van der Waals surface area contributed by atoms with Crippen molar-refractivity contribution in [1.82, 2.24) is 9.78 Å². The molecule has 4 nitrogen and oxygen atoms in total. The predicted octanol–water partition coefficient (Wildman–Crippen LogP) is 3.60. The molecule has 1 heterocycles. The van der Waals surface area contributed by atoms with E-state index in [0.717, 1.165) is 27.1 Å². The summed E-state index contributed by atoms with van der Waals surface area (Å²) < 4.78 is 7.75. The van der Waals surface area contributed by atoms with Crippen molar-refractivity contribution < 1.29 is 9.53 Å². The lowest BCUT2D eigenvalue weighted by molar-refractivity contribution is -0.144. The van der Waals surface area contributed by atoms with Crippen LogP contribution in [0.15, 0.2) is 28.7 Å². The molecule has 0 aliphatic carbocycles. The monoisotopic (exact) mass is 350 g/mol. The lowest BCUT2D eigenvalue weighted by atomic mass is 10.00. The van der Waals surface area contributed by atoms with Crippen LogP contribution in [0.5, 0.6) is 0 Å². The van der Waals surface area contributed by atoms with Crippen LogP contribution in [0.1, 0.15) is 23.9 Å². The van der Waals surface area contributed by atoms with Gasteiger partial charge in [0.1, 0.15) is 0 Å². The third-order valence-corrected chi connectivity index (χ3v) is 4.15. The van der Waals surface area contributed by atoms with E-state index in [2.05, 4.69) is 21.0 Å². The molecule has 0 amide bonds. The van der Waals surface area contributed by atoms with Crippen LogP contribution in [0, 0.1) is 19.8 Å². The molecule has 2 rings (SSSR count). The highest BCUT2D eigenvalue weighted by Crippen LogP contribution is 2.22. The number of hydrogen-bond acceptors (Lipinski definition) is 3. The molecule has 0 saturated carbocycles. The Bertz CT molecular complexity index is 647. The van der Waals surface area contributed by atoms with E-state index in [1.165, 1.54) is 7.11 Å². The van der Waals surface area contributed by atoms with Gasteiger partial charge in [-0.05, 0) is 50.1 Å². The van der Waals surface area contributed by atoms with Gasteiger partial charge in [-0.2, -0.15) is 5.10 Å². The van der Waals surface area contributed by atoms with Gasteiger partial charge in [0, 0.05) is 10.2 Å². The van der Waals surface area contributed by atoms with Crippen LogP contribution in [0.25, 0.3) is 5.69 Å². The Hall–Kier alpha value is -1.62. The molecule has 1 unspecified atom stereocenters. The first kappa shape index (κ1) is 15.8. The summed E-state index contributed by atoms with van der Waals surface area (Å²) >= 11 is 3.43. The third kappa shape index (κ3) is 3.35. The van der Waals surface area contributed by atoms with Crippen LogP contribution in [-0.4, -0.2) is 22.9 Å². The van der Waals surface area contributed by atoms with Gasteiger partial charge in [-0.3, -0.25) is 4.79 Å². The lowest BCUT2D eigenvalue weighted by Crippen LogP contribution is -2.15. The van der Waals surface area contributed by atoms with Crippen molar-refractivity contribution in [3.05, 3.63) is 45.7 Å². The fourth-order valence-corrected chi connectivity index (χ4v) is 2.66. The zero-order valence-electron chi connectivity index (χ0n) is 12.7. The van der Waals surface area contributed by atoms with E-state index in [1.807, 2.05) is 49.7 Å². The van der Waals surface area contributed by atoms with E-state index in [0.29, 0.717) is 6.42 Å². The summed E-state index contributed by atoms with van der Waals surface area (Å²) in [6.07, 6.45) is 0.640. The van der Waals surface area contributed by atoms with E-state index in [1.54, 1.807) is 0 Å². The van der Waals surface area contributed by atoms with Gasteiger partial charge in [0.2, 0.25) is 0 Å². The molecule has 21 heavy (non-hydrogen) atoms. The smallest absolute Gasteiger partial charge is 0.308 e. The van der Waals surface area contributed by atoms with E-state index < -0.39 is 0 Å². The molecule has 0 radical (unpaired) electrons. The van der Waals surface area contributed by atoms with Crippen LogP contribution in [0.4, 0.5) is 0 Å². The molecule has 1 atom stereocenters. The second-order valence-corrected chi connectivity index (χ2v) is 6.08. The minimum absolute atomic E-state index is 0.171. The summed E-state index contributed by atoms with van der Waals surface area (Å²) in [4.78, 5) is 11.6. The first-order chi connectivity index (χ1) is 9.93. The molecule has 0 bridgehead atoms. The maximum absolute atomic E-state index is 11.6. The van der Waals surface area contributed by atoms with Crippen LogP contribution >= 0.6 is 15.9 Å². The van der Waals surface area contributed by atoms with Crippen molar-refractivity contribution in [3.8, 4) is 5.69 Å². The van der Waals surface area contributed by atoms with Gasteiger partial charge in [0.15, 0.2) is 0 Å². The minimum atomic E-state index is -0.190. The zero-order chi connectivity index (χ0) is 15.6. The normalized spacial score (nSPS) is 12.2. The number of aryl methyl sites for hydroxylation is 1. The number of benzene rings is 1. The first-order valence-corrected chi connectivity index (χ1v) is 7.62. The van der Waals surface area contributed by atoms with E-state index >= 15 is 0 Å². The largest absolute Gasteiger partial charge is 0.469 e. The maximum Gasteiger partial charge on any atom is 0.308 e. The standard InChI is InChI=1S/C16H19BrN2O2/c1-10(16(20)21-4)9-15-11(2)18-19(12(15)3)14-7-5-13(17)6-8-14/h5-8,10H,9H2,1-4H3. The average molecular weight is 351 g/mol. The molecular weight excluding hydrogens is 332 g/mol. The molecule has 0 aliphatic rings. The SMILES string of the molecule is COC(=O)C(C)Cc1c(C)nn(-c2ccc(Br)cc2)c1C. The molecule has 112 valence electrons. The Labute approximate surface area is 133 Å². The summed E-state index contributed by atoms with van der Waals surface area (Å²) in [6, 6.07) is 8.00. The van der Waals surface area contributed by atoms with Crippen molar-refractivity contribution in [2.45, 2.75) is 27.2 Å². The molecule has 0 fully saturated rings. The number of methoxy groups -OCH3 is 1. The molecule has 1 aromatic heterocycles. The number of ether oxygens (including phenoxy) is 1. The third-order valence-electron chi connectivity index (χ3n) is 3.63. The fraction of sp³-hybridized carbons (Fsp3) is 0.375. The topological polar surface area (TPSA) is 44.1 Å². The Morgan fingerprint density at radius 2 is 1.95 bits per heavy atom. The van der Waals surface area contributed by atoms with Crippen molar-refractivity contribution in [1.29, 1.82) is 0 Å². The van der Waals surface area contributed by atoms with Crippen molar-refractivity contribution in [3.63, 3.8) is 0 Å². The number of halogens is 1. The molecule has 1 aromatic carbocycles. The number of rotatable bonds is 4. The van der Waals surface area contributed by atoms with Crippen LogP contribution < -0.4 is 0 Å². The number of carbonyl (C=O) groups excluding carboxylic acids is 1. The van der Waals surface area contributed by atoms with E-state index in [-0.39, 0.29) is 11.9 Å². The second kappa shape index (κ2) is 6.43. The Kier molecular flexibility index (Phi) is 4.83. The van der Waals surface area contributed by atoms with E-state index in [4.69, 9.17) is 4.74 Å². The number of nitrogens with zero attached hydrogens (tertiary/aromatic N) is 2. The van der Waals surface area contributed by atoms with Gasteiger partial charge in [-0.25, -0.2) is 4.68 Å². The molecule has 5 heteroatoms. The van der Waals surface area contributed by atoms with Gasteiger partial charge in [0.25, 0.3) is 0 Å². The number of aromatic nitrogens is 2. The minimum Gasteiger partial charge on any atom is -0.469 e. The van der Waals surface area contributed by atoms with Crippen molar-refractivity contribution >= 4 is 21.9 Å². The Morgan fingerprint density at radius 1 is 1.33 bits per heavy atom. The number of esters is 1. The average Bonchev–Trinajstić information content (AvgIpc) is 2.75. The van der Waals surface area contributed by atoms with Gasteiger partial charge in [-0.15, -0.1) is 0 Å². The first-order valence-electron chi connectivity index (χ1n) is 6.83. The van der Waals surface area contributed by atoms with Crippen LogP contribution in [-0.2, 0) is 16.0 Å². The number of carbonyl (C=O) groups is 1. The highest BCUT2D eigenvalue weighted by molar-refractivity contribution is 9.10. The zero-order valence-corrected chi connectivity index (χ0v) is 14.3. The predicted molar refractivity (Wildman–Crippen MR) is 85.6 cm³/mol. The van der Waals surface area contributed by atoms with Crippen molar-refractivity contribution in [2.24, 2.45) is 5.92 Å². The Balaban J connectivity index is 2.33. The highest BCUT2D eigenvalue weighted by Gasteiger charge is 2.20. The lowest BCUT2D eigenvalue weighted by Gasteiger charge is -2.10. The summed E-state index contributed by atoms with van der Waals surface area (Å²) in [5, 5.41) is 4.60. The van der Waals surface area contributed by atoms with Gasteiger partial charge >= 0.3 is 5.97 Å². The molecular formula is C16H19BrN2O2. The van der Waals surface area contributed by atoms with Gasteiger partial charge in [-0.1, -0.05) is 22.9 Å². The van der Waals surface area contributed by atoms with Crippen LogP contribution in [0.2, 0.25) is 0 Å². The number of hydrogen-bond donors (Lipinski definition) is 0. The Morgan fingerprint density at radius 3 is 2.52 bits per heavy atom. The summed E-state index contributed by atoms with van der Waals surface area (Å²) in [6.45, 7) is 5.88. The molecule has 0 aliphatic heterocycles. The molecule has 2 aromatic rings.